The van der Waals surface area contributed by atoms with E-state index in [1.54, 1.807) is 6.07 Å². The van der Waals surface area contributed by atoms with Crippen molar-refractivity contribution in [3.8, 4) is 11.5 Å². The van der Waals surface area contributed by atoms with Gasteiger partial charge in [0.05, 0.1) is 26.4 Å². The number of hydrogen-bond donors (Lipinski definition) is 1. The quantitative estimate of drug-likeness (QED) is 0.920. The van der Waals surface area contributed by atoms with E-state index < -0.39 is 6.36 Å². The van der Waals surface area contributed by atoms with Crippen LogP contribution in [0.25, 0.3) is 0 Å². The Morgan fingerprint density at radius 3 is 2.74 bits per heavy atom. The van der Waals surface area contributed by atoms with Gasteiger partial charge in [0, 0.05) is 18.2 Å². The van der Waals surface area contributed by atoms with Gasteiger partial charge in [0.2, 0.25) is 0 Å². The number of rotatable bonds is 3. The molecule has 0 amide bonds. The molecule has 19 heavy (non-hydrogen) atoms. The van der Waals surface area contributed by atoms with E-state index in [1.807, 2.05) is 0 Å². The van der Waals surface area contributed by atoms with Gasteiger partial charge in [-0.05, 0) is 12.1 Å². The molecule has 4 nitrogen and oxygen atoms in total. The zero-order valence-electron chi connectivity index (χ0n) is 10.3. The largest absolute Gasteiger partial charge is 0.573 e. The Morgan fingerprint density at radius 1 is 1.37 bits per heavy atom. The first-order chi connectivity index (χ1) is 8.99. The smallest absolute Gasteiger partial charge is 0.496 e. The SMILES string of the molecule is COc1cc(OC(F)(F)F)ccc1[C@H]1COCCN1. The summed E-state index contributed by atoms with van der Waals surface area (Å²) >= 11 is 0. The third kappa shape index (κ3) is 3.74. The topological polar surface area (TPSA) is 39.7 Å². The summed E-state index contributed by atoms with van der Waals surface area (Å²) in [5.41, 5.74) is 0.747. The molecule has 1 fully saturated rings. The standard InChI is InChI=1S/C12H14F3NO3/c1-17-11-6-8(19-12(13,14)15)2-3-9(11)10-7-18-5-4-16-10/h2-3,6,10,16H,4-5,7H2,1H3/t10-/m1/s1. The van der Waals surface area contributed by atoms with Crippen LogP contribution in [0.5, 0.6) is 11.5 Å². The minimum absolute atomic E-state index is 0.0939. The molecule has 0 aliphatic carbocycles. The van der Waals surface area contributed by atoms with Gasteiger partial charge in [0.25, 0.3) is 0 Å². The fraction of sp³-hybridized carbons (Fsp3) is 0.500. The monoisotopic (exact) mass is 277 g/mol. The molecule has 1 saturated heterocycles. The predicted octanol–water partition coefficient (Wildman–Crippen LogP) is 2.25. The van der Waals surface area contributed by atoms with E-state index in [9.17, 15) is 13.2 Å². The van der Waals surface area contributed by atoms with Crippen molar-refractivity contribution in [1.29, 1.82) is 0 Å². The number of benzene rings is 1. The van der Waals surface area contributed by atoms with Gasteiger partial charge in [-0.2, -0.15) is 0 Å². The third-order valence-corrected chi connectivity index (χ3v) is 2.74. The number of ether oxygens (including phenoxy) is 3. The van der Waals surface area contributed by atoms with Crippen LogP contribution >= 0.6 is 0 Å². The first-order valence-corrected chi connectivity index (χ1v) is 5.74. The van der Waals surface area contributed by atoms with Crippen molar-refractivity contribution in [1.82, 2.24) is 5.32 Å². The second-order valence-electron chi connectivity index (χ2n) is 4.03. The average Bonchev–Trinajstić information content (AvgIpc) is 2.37. The van der Waals surface area contributed by atoms with Crippen molar-refractivity contribution >= 4 is 0 Å². The number of morpholine rings is 1. The van der Waals surface area contributed by atoms with Crippen LogP contribution in [-0.4, -0.2) is 33.2 Å². The molecular formula is C12H14F3NO3. The Labute approximate surface area is 108 Å². The highest BCUT2D eigenvalue weighted by Crippen LogP contribution is 2.32. The number of nitrogens with one attached hydrogen (secondary N) is 1. The van der Waals surface area contributed by atoms with Gasteiger partial charge in [-0.3, -0.25) is 0 Å². The first-order valence-electron chi connectivity index (χ1n) is 5.74. The molecule has 1 aliphatic heterocycles. The summed E-state index contributed by atoms with van der Waals surface area (Å²) in [5.74, 6) is 0.0366. The fourth-order valence-corrected chi connectivity index (χ4v) is 1.94. The summed E-state index contributed by atoms with van der Waals surface area (Å²) < 4.78 is 50.7. The van der Waals surface area contributed by atoms with Gasteiger partial charge >= 0.3 is 6.36 Å². The van der Waals surface area contributed by atoms with Gasteiger partial charge in [-0.25, -0.2) is 0 Å². The highest BCUT2D eigenvalue weighted by Gasteiger charge is 2.31. The number of alkyl halides is 3. The maximum atomic E-state index is 12.1. The van der Waals surface area contributed by atoms with Crippen LogP contribution in [0.2, 0.25) is 0 Å². The van der Waals surface area contributed by atoms with E-state index in [0.29, 0.717) is 25.5 Å². The van der Waals surface area contributed by atoms with Crippen LogP contribution in [0.3, 0.4) is 0 Å². The lowest BCUT2D eigenvalue weighted by Crippen LogP contribution is -2.34. The van der Waals surface area contributed by atoms with Crippen molar-refractivity contribution in [2.75, 3.05) is 26.9 Å². The molecular weight excluding hydrogens is 263 g/mol. The molecule has 1 N–H and O–H groups in total. The van der Waals surface area contributed by atoms with E-state index in [-0.39, 0.29) is 11.8 Å². The van der Waals surface area contributed by atoms with Gasteiger partial charge in [-0.1, -0.05) is 0 Å². The van der Waals surface area contributed by atoms with Crippen LogP contribution in [0, 0.1) is 0 Å². The zero-order chi connectivity index (χ0) is 13.9. The van der Waals surface area contributed by atoms with Gasteiger partial charge in [0.1, 0.15) is 11.5 Å². The molecule has 1 aliphatic rings. The Kier molecular flexibility index (Phi) is 4.16. The molecule has 7 heteroatoms. The molecule has 0 saturated carbocycles. The summed E-state index contributed by atoms with van der Waals surface area (Å²) in [7, 11) is 1.40. The molecule has 0 aromatic heterocycles. The number of halogens is 3. The molecule has 1 heterocycles. The molecule has 1 aromatic rings. The van der Waals surface area contributed by atoms with Gasteiger partial charge < -0.3 is 19.5 Å². The first kappa shape index (κ1) is 14.0. The third-order valence-electron chi connectivity index (χ3n) is 2.74. The summed E-state index contributed by atoms with van der Waals surface area (Å²) in [6.07, 6.45) is -4.71. The lowest BCUT2D eigenvalue weighted by atomic mass is 10.1. The maximum Gasteiger partial charge on any atom is 0.573 e. The van der Waals surface area contributed by atoms with Crippen LogP contribution in [0.15, 0.2) is 18.2 Å². The molecule has 106 valence electrons. The minimum atomic E-state index is -4.71. The van der Waals surface area contributed by atoms with Gasteiger partial charge in [-0.15, -0.1) is 13.2 Å². The van der Waals surface area contributed by atoms with E-state index in [1.165, 1.54) is 19.2 Å². The fourth-order valence-electron chi connectivity index (χ4n) is 1.94. The van der Waals surface area contributed by atoms with Crippen LogP contribution < -0.4 is 14.8 Å². The zero-order valence-corrected chi connectivity index (χ0v) is 10.3. The Morgan fingerprint density at radius 2 is 2.16 bits per heavy atom. The molecule has 0 spiro atoms. The van der Waals surface area contributed by atoms with E-state index in [0.717, 1.165) is 5.56 Å². The second-order valence-corrected chi connectivity index (χ2v) is 4.03. The van der Waals surface area contributed by atoms with Crippen LogP contribution in [-0.2, 0) is 4.74 Å². The minimum Gasteiger partial charge on any atom is -0.496 e. The average molecular weight is 277 g/mol. The van der Waals surface area contributed by atoms with Crippen LogP contribution in [0.1, 0.15) is 11.6 Å². The van der Waals surface area contributed by atoms with Crippen molar-refractivity contribution in [2.24, 2.45) is 0 Å². The second kappa shape index (κ2) is 5.66. The van der Waals surface area contributed by atoms with Crippen LogP contribution in [0.4, 0.5) is 13.2 Å². The molecule has 0 bridgehead atoms. The predicted molar refractivity (Wildman–Crippen MR) is 61.2 cm³/mol. The highest BCUT2D eigenvalue weighted by atomic mass is 19.4. The van der Waals surface area contributed by atoms with E-state index >= 15 is 0 Å². The number of methoxy groups -OCH3 is 1. The Balaban J connectivity index is 2.20. The van der Waals surface area contributed by atoms with Crippen molar-refractivity contribution in [3.63, 3.8) is 0 Å². The van der Waals surface area contributed by atoms with E-state index in [2.05, 4.69) is 10.1 Å². The Bertz CT molecular complexity index is 431. The maximum absolute atomic E-state index is 12.1. The Hall–Kier alpha value is -1.47. The molecule has 2 rings (SSSR count). The summed E-state index contributed by atoms with van der Waals surface area (Å²) in [4.78, 5) is 0. The van der Waals surface area contributed by atoms with Crippen molar-refractivity contribution in [2.45, 2.75) is 12.4 Å². The molecule has 1 atom stereocenters. The summed E-state index contributed by atoms with van der Waals surface area (Å²) in [5, 5.41) is 3.21. The van der Waals surface area contributed by atoms with Crippen molar-refractivity contribution < 1.29 is 27.4 Å². The summed E-state index contributed by atoms with van der Waals surface area (Å²) in [6.45, 7) is 1.76. The van der Waals surface area contributed by atoms with Gasteiger partial charge in [0.15, 0.2) is 0 Å². The molecule has 0 radical (unpaired) electrons. The number of hydrogen-bond acceptors (Lipinski definition) is 4. The normalized spacial score (nSPS) is 20.1. The molecule has 1 aromatic carbocycles. The van der Waals surface area contributed by atoms with Crippen molar-refractivity contribution in [3.05, 3.63) is 23.8 Å². The lowest BCUT2D eigenvalue weighted by molar-refractivity contribution is -0.274. The molecule has 0 unspecified atom stereocenters. The summed E-state index contributed by atoms with van der Waals surface area (Å²) in [6, 6.07) is 3.94. The highest BCUT2D eigenvalue weighted by molar-refractivity contribution is 5.42. The lowest BCUT2D eigenvalue weighted by Gasteiger charge is -2.25. The van der Waals surface area contributed by atoms with E-state index in [4.69, 9.17) is 9.47 Å².